The van der Waals surface area contributed by atoms with E-state index >= 15 is 0 Å². The molecule has 1 amide bonds. The van der Waals surface area contributed by atoms with Crippen LogP contribution in [0.25, 0.3) is 0 Å². The molecule has 0 aliphatic carbocycles. The molecule has 2 rings (SSSR count). The lowest BCUT2D eigenvalue weighted by atomic mass is 9.98. The van der Waals surface area contributed by atoms with Gasteiger partial charge < -0.3 is 14.2 Å². The van der Waals surface area contributed by atoms with Crippen molar-refractivity contribution in [3.05, 3.63) is 18.0 Å². The van der Waals surface area contributed by atoms with Crippen LogP contribution in [0.3, 0.4) is 0 Å². The predicted octanol–water partition coefficient (Wildman–Crippen LogP) is 0.700. The Bertz CT molecular complexity index is 402. The Labute approximate surface area is 98.5 Å². The quantitative estimate of drug-likeness (QED) is 0.709. The fourth-order valence-electron chi connectivity index (χ4n) is 2.01. The van der Waals surface area contributed by atoms with Crippen LogP contribution in [0.1, 0.15) is 23.3 Å². The van der Waals surface area contributed by atoms with E-state index in [0.717, 1.165) is 12.8 Å². The average molecular weight is 238 g/mol. The number of likely N-dealkylation sites (tertiary alicyclic amines) is 1. The lowest BCUT2D eigenvalue weighted by molar-refractivity contribution is -0.146. The second kappa shape index (κ2) is 4.99. The maximum atomic E-state index is 12.0. The number of esters is 1. The number of hydrogen-bond donors (Lipinski definition) is 0. The monoisotopic (exact) mass is 238 g/mol. The molecule has 0 bridgehead atoms. The van der Waals surface area contributed by atoms with E-state index in [2.05, 4.69) is 9.68 Å². The van der Waals surface area contributed by atoms with Gasteiger partial charge in [0.05, 0.1) is 13.0 Å². The van der Waals surface area contributed by atoms with Crippen molar-refractivity contribution in [2.45, 2.75) is 12.8 Å². The maximum absolute atomic E-state index is 12.0. The topological polar surface area (TPSA) is 72.6 Å². The Kier molecular flexibility index (Phi) is 3.41. The molecule has 2 heterocycles. The Hall–Kier alpha value is -1.85. The zero-order valence-electron chi connectivity index (χ0n) is 9.59. The third-order valence-electron chi connectivity index (χ3n) is 2.90. The summed E-state index contributed by atoms with van der Waals surface area (Å²) in [6, 6.07) is 1.52. The van der Waals surface area contributed by atoms with E-state index in [1.54, 1.807) is 4.90 Å². The first-order valence-corrected chi connectivity index (χ1v) is 5.50. The summed E-state index contributed by atoms with van der Waals surface area (Å²) in [6.45, 7) is 1.03. The standard InChI is InChI=1S/C11H14N2O4/c1-16-11(15)8-3-2-5-13(7-8)10(14)9-4-6-17-12-9/h4,6,8H,2-3,5,7H2,1H3. The first-order chi connectivity index (χ1) is 8.22. The Morgan fingerprint density at radius 3 is 3.06 bits per heavy atom. The van der Waals surface area contributed by atoms with E-state index in [-0.39, 0.29) is 23.5 Å². The number of methoxy groups -OCH3 is 1. The summed E-state index contributed by atoms with van der Waals surface area (Å²) in [5.74, 6) is -0.695. The minimum atomic E-state index is -0.261. The van der Waals surface area contributed by atoms with Gasteiger partial charge in [-0.2, -0.15) is 0 Å². The van der Waals surface area contributed by atoms with E-state index in [9.17, 15) is 9.59 Å². The van der Waals surface area contributed by atoms with Gasteiger partial charge in [0.1, 0.15) is 6.26 Å². The van der Waals surface area contributed by atoms with E-state index < -0.39 is 0 Å². The molecular formula is C11H14N2O4. The minimum Gasteiger partial charge on any atom is -0.469 e. The lowest BCUT2D eigenvalue weighted by Crippen LogP contribution is -2.42. The Morgan fingerprint density at radius 1 is 1.59 bits per heavy atom. The van der Waals surface area contributed by atoms with Gasteiger partial charge in [-0.3, -0.25) is 9.59 Å². The van der Waals surface area contributed by atoms with Crippen LogP contribution in [0.4, 0.5) is 0 Å². The van der Waals surface area contributed by atoms with Crippen LogP contribution in [-0.2, 0) is 9.53 Å². The van der Waals surface area contributed by atoms with Crippen molar-refractivity contribution in [3.8, 4) is 0 Å². The SMILES string of the molecule is COC(=O)C1CCCN(C(=O)c2ccon2)C1. The molecule has 1 aromatic heterocycles. The maximum Gasteiger partial charge on any atom is 0.310 e. The van der Waals surface area contributed by atoms with Gasteiger partial charge in [0.15, 0.2) is 5.69 Å². The van der Waals surface area contributed by atoms with Crippen LogP contribution in [0, 0.1) is 5.92 Å². The molecule has 1 aromatic rings. The number of amides is 1. The molecule has 1 fully saturated rings. The molecule has 0 saturated carbocycles. The van der Waals surface area contributed by atoms with Gasteiger partial charge in [-0.05, 0) is 12.8 Å². The summed E-state index contributed by atoms with van der Waals surface area (Å²) in [7, 11) is 1.36. The van der Waals surface area contributed by atoms with E-state index in [1.165, 1.54) is 19.4 Å². The van der Waals surface area contributed by atoms with Crippen molar-refractivity contribution >= 4 is 11.9 Å². The van der Waals surface area contributed by atoms with Crippen molar-refractivity contribution in [1.82, 2.24) is 10.1 Å². The fraction of sp³-hybridized carbons (Fsp3) is 0.545. The first-order valence-electron chi connectivity index (χ1n) is 5.50. The van der Waals surface area contributed by atoms with Gasteiger partial charge >= 0.3 is 5.97 Å². The number of ether oxygens (including phenoxy) is 1. The number of aromatic nitrogens is 1. The highest BCUT2D eigenvalue weighted by Crippen LogP contribution is 2.19. The smallest absolute Gasteiger partial charge is 0.310 e. The minimum absolute atomic E-state index is 0.202. The van der Waals surface area contributed by atoms with Gasteiger partial charge in [0, 0.05) is 19.2 Å². The van der Waals surface area contributed by atoms with Crippen LogP contribution in [0.15, 0.2) is 16.9 Å². The summed E-state index contributed by atoms with van der Waals surface area (Å²) < 4.78 is 9.33. The van der Waals surface area contributed by atoms with E-state index in [1.807, 2.05) is 0 Å². The summed E-state index contributed by atoms with van der Waals surface area (Å²) in [6.07, 6.45) is 2.91. The van der Waals surface area contributed by atoms with Crippen molar-refractivity contribution in [2.24, 2.45) is 5.92 Å². The summed E-state index contributed by atoms with van der Waals surface area (Å²) >= 11 is 0. The highest BCUT2D eigenvalue weighted by molar-refractivity contribution is 5.92. The van der Waals surface area contributed by atoms with Gasteiger partial charge in [-0.15, -0.1) is 0 Å². The van der Waals surface area contributed by atoms with Crippen molar-refractivity contribution in [3.63, 3.8) is 0 Å². The average Bonchev–Trinajstić information content (AvgIpc) is 2.91. The molecule has 1 aliphatic rings. The highest BCUT2D eigenvalue weighted by atomic mass is 16.5. The Balaban J connectivity index is 2.02. The zero-order chi connectivity index (χ0) is 12.3. The Morgan fingerprint density at radius 2 is 2.41 bits per heavy atom. The number of carbonyl (C=O) groups is 2. The predicted molar refractivity (Wildman–Crippen MR) is 57.1 cm³/mol. The number of piperidine rings is 1. The normalized spacial score (nSPS) is 20.1. The molecule has 0 aromatic carbocycles. The molecular weight excluding hydrogens is 224 g/mol. The molecule has 17 heavy (non-hydrogen) atoms. The number of hydrogen-bond acceptors (Lipinski definition) is 5. The molecule has 6 heteroatoms. The van der Waals surface area contributed by atoms with Crippen LogP contribution in [0.5, 0.6) is 0 Å². The molecule has 1 unspecified atom stereocenters. The second-order valence-electron chi connectivity index (χ2n) is 4.00. The first kappa shape index (κ1) is 11.6. The number of rotatable bonds is 2. The van der Waals surface area contributed by atoms with Crippen LogP contribution in [-0.4, -0.2) is 42.1 Å². The molecule has 6 nitrogen and oxygen atoms in total. The third kappa shape index (κ3) is 2.46. The van der Waals surface area contributed by atoms with Crippen LogP contribution < -0.4 is 0 Å². The summed E-state index contributed by atoms with van der Waals surface area (Å²) in [5, 5.41) is 3.60. The third-order valence-corrected chi connectivity index (χ3v) is 2.90. The van der Waals surface area contributed by atoms with Crippen molar-refractivity contribution in [2.75, 3.05) is 20.2 Å². The molecule has 92 valence electrons. The summed E-state index contributed by atoms with van der Waals surface area (Å²) in [5.41, 5.74) is 0.274. The van der Waals surface area contributed by atoms with Crippen molar-refractivity contribution in [1.29, 1.82) is 0 Å². The van der Waals surface area contributed by atoms with E-state index in [0.29, 0.717) is 13.1 Å². The molecule has 0 radical (unpaired) electrons. The summed E-state index contributed by atoms with van der Waals surface area (Å²) in [4.78, 5) is 25.0. The largest absolute Gasteiger partial charge is 0.469 e. The van der Waals surface area contributed by atoms with E-state index in [4.69, 9.17) is 4.74 Å². The van der Waals surface area contributed by atoms with Crippen LogP contribution in [0.2, 0.25) is 0 Å². The molecule has 0 spiro atoms. The van der Waals surface area contributed by atoms with Gasteiger partial charge in [0.2, 0.25) is 0 Å². The number of carbonyl (C=O) groups excluding carboxylic acids is 2. The number of nitrogens with zero attached hydrogens (tertiary/aromatic N) is 2. The molecule has 1 saturated heterocycles. The van der Waals surface area contributed by atoms with Gasteiger partial charge in [-0.25, -0.2) is 0 Å². The van der Waals surface area contributed by atoms with Gasteiger partial charge in [-0.1, -0.05) is 5.16 Å². The van der Waals surface area contributed by atoms with Crippen molar-refractivity contribution < 1.29 is 18.8 Å². The zero-order valence-corrected chi connectivity index (χ0v) is 9.59. The lowest BCUT2D eigenvalue weighted by Gasteiger charge is -2.30. The molecule has 1 atom stereocenters. The highest BCUT2D eigenvalue weighted by Gasteiger charge is 2.30. The van der Waals surface area contributed by atoms with Gasteiger partial charge in [0.25, 0.3) is 5.91 Å². The van der Waals surface area contributed by atoms with Crippen LogP contribution >= 0.6 is 0 Å². The molecule has 1 aliphatic heterocycles. The second-order valence-corrected chi connectivity index (χ2v) is 4.00. The fourth-order valence-corrected chi connectivity index (χ4v) is 2.01. The molecule has 0 N–H and O–H groups in total.